The first-order valence-corrected chi connectivity index (χ1v) is 13.9. The largest absolute Gasteiger partial charge is 0.395 e. The number of hydrogen-bond donors (Lipinski definition) is 3. The molecule has 4 aromatic rings. The van der Waals surface area contributed by atoms with Crippen LogP contribution in [0.1, 0.15) is 52.4 Å². The average Bonchev–Trinajstić information content (AvgIpc) is 3.77. The third-order valence-electron chi connectivity index (χ3n) is 8.42. The minimum Gasteiger partial charge on any atom is -0.395 e. The van der Waals surface area contributed by atoms with E-state index in [2.05, 4.69) is 26.6 Å². The van der Waals surface area contributed by atoms with Gasteiger partial charge >= 0.3 is 0 Å². The molecule has 0 aliphatic carbocycles. The van der Waals surface area contributed by atoms with E-state index in [1.165, 1.54) is 17.7 Å². The highest BCUT2D eigenvalue weighted by atomic mass is 19.1. The summed E-state index contributed by atoms with van der Waals surface area (Å²) in [6, 6.07) is 10.9. The molecule has 2 atom stereocenters. The Morgan fingerprint density at radius 1 is 1.20 bits per heavy atom. The van der Waals surface area contributed by atoms with Gasteiger partial charge in [-0.05, 0) is 55.1 Å². The highest BCUT2D eigenvalue weighted by Crippen LogP contribution is 2.36. The number of hydrogen-bond acceptors (Lipinski definition) is 7. The number of benzene rings is 1. The van der Waals surface area contributed by atoms with Crippen molar-refractivity contribution < 1.29 is 19.0 Å². The van der Waals surface area contributed by atoms with Gasteiger partial charge in [0.2, 0.25) is 0 Å². The Hall–Kier alpha value is -3.86. The number of anilines is 2. The Bertz CT molecular complexity index is 1600. The molecule has 10 heteroatoms. The molecule has 1 aromatic carbocycles. The zero-order valence-electron chi connectivity index (χ0n) is 22.1. The fraction of sp³-hybridized carbons (Fsp3) is 0.367. The number of amides is 1. The molecule has 0 bridgehead atoms. The molecule has 0 spiro atoms. The van der Waals surface area contributed by atoms with E-state index in [1.807, 2.05) is 22.6 Å². The summed E-state index contributed by atoms with van der Waals surface area (Å²) in [5.41, 5.74) is 6.46. The van der Waals surface area contributed by atoms with E-state index in [0.717, 1.165) is 54.9 Å². The van der Waals surface area contributed by atoms with Crippen LogP contribution in [0.2, 0.25) is 0 Å². The number of likely N-dealkylation sites (tertiary alicyclic amines) is 1. The second-order valence-electron chi connectivity index (χ2n) is 10.8. The Labute approximate surface area is 231 Å². The molecule has 3 aliphatic rings. The molecule has 3 N–H and O–H groups in total. The van der Waals surface area contributed by atoms with E-state index in [0.29, 0.717) is 48.3 Å². The maximum atomic E-state index is 13.7. The molecule has 2 saturated heterocycles. The lowest BCUT2D eigenvalue weighted by Crippen LogP contribution is -2.32. The molecule has 0 radical (unpaired) electrons. The predicted octanol–water partition coefficient (Wildman–Crippen LogP) is 3.98. The zero-order valence-corrected chi connectivity index (χ0v) is 22.1. The molecule has 3 aliphatic heterocycles. The fourth-order valence-electron chi connectivity index (χ4n) is 6.35. The Morgan fingerprint density at radius 2 is 2.12 bits per heavy atom. The molecule has 0 unspecified atom stereocenters. The second-order valence-corrected chi connectivity index (χ2v) is 10.8. The minimum absolute atomic E-state index is 0.148. The van der Waals surface area contributed by atoms with Gasteiger partial charge in [-0.3, -0.25) is 14.1 Å². The first kappa shape index (κ1) is 25.1. The van der Waals surface area contributed by atoms with Crippen molar-refractivity contribution in [2.45, 2.75) is 44.3 Å². The van der Waals surface area contributed by atoms with Gasteiger partial charge in [-0.25, -0.2) is 14.4 Å². The van der Waals surface area contributed by atoms with E-state index in [1.54, 1.807) is 12.4 Å². The maximum Gasteiger partial charge on any atom is 0.254 e. The Kier molecular flexibility index (Phi) is 6.45. The summed E-state index contributed by atoms with van der Waals surface area (Å²) in [6.45, 7) is 3.59. The van der Waals surface area contributed by atoms with Gasteiger partial charge in [-0.2, -0.15) is 0 Å². The maximum absolute atomic E-state index is 13.7. The number of ether oxygens (including phenoxy) is 1. The van der Waals surface area contributed by atoms with Crippen LogP contribution in [0.15, 0.2) is 48.8 Å². The van der Waals surface area contributed by atoms with Gasteiger partial charge in [0.05, 0.1) is 42.0 Å². The van der Waals surface area contributed by atoms with Crippen molar-refractivity contribution in [1.29, 1.82) is 0 Å². The number of carbonyl (C=O) groups excluding carboxylic acids is 1. The number of carbonyl (C=O) groups is 1. The molecule has 40 heavy (non-hydrogen) atoms. The number of fused-ring (bicyclic) bond motifs is 2. The molecule has 2 fully saturated rings. The second kappa shape index (κ2) is 10.3. The van der Waals surface area contributed by atoms with Crippen LogP contribution in [0.25, 0.3) is 16.9 Å². The van der Waals surface area contributed by atoms with Gasteiger partial charge < -0.3 is 20.5 Å². The number of aliphatic hydroxyl groups excluding tert-OH is 1. The molecule has 1 amide bonds. The van der Waals surface area contributed by atoms with Crippen LogP contribution in [0.5, 0.6) is 0 Å². The molecule has 7 rings (SSSR count). The number of aromatic nitrogens is 3. The van der Waals surface area contributed by atoms with Gasteiger partial charge in [0.1, 0.15) is 17.3 Å². The first-order valence-electron chi connectivity index (χ1n) is 13.9. The summed E-state index contributed by atoms with van der Waals surface area (Å²) in [4.78, 5) is 24.7. The lowest BCUT2D eigenvalue weighted by molar-refractivity contribution is 0.0966. The van der Waals surface area contributed by atoms with Gasteiger partial charge in [0.15, 0.2) is 0 Å². The number of halogens is 1. The monoisotopic (exact) mass is 542 g/mol. The first-order chi connectivity index (χ1) is 19.6. The molecule has 206 valence electrons. The number of pyridine rings is 2. The smallest absolute Gasteiger partial charge is 0.254 e. The number of rotatable bonds is 7. The van der Waals surface area contributed by atoms with Crippen LogP contribution >= 0.6 is 0 Å². The summed E-state index contributed by atoms with van der Waals surface area (Å²) in [5.74, 6) is 0.473. The Morgan fingerprint density at radius 3 is 2.98 bits per heavy atom. The SMILES string of the molecule is O=C1NCc2c(-c3cnc4cc(F)ccn34)ccc(Nc3ccc([C@H]4CCOC4)c(CN4CCC[C@@H]4CO)n3)c21. The molecular weight excluding hydrogens is 511 g/mol. The van der Waals surface area contributed by atoms with E-state index in [-0.39, 0.29) is 24.4 Å². The van der Waals surface area contributed by atoms with Crippen LogP contribution in [0.3, 0.4) is 0 Å². The van der Waals surface area contributed by atoms with E-state index in [4.69, 9.17) is 9.72 Å². The zero-order chi connectivity index (χ0) is 27.2. The van der Waals surface area contributed by atoms with E-state index < -0.39 is 0 Å². The van der Waals surface area contributed by atoms with Crippen LogP contribution in [-0.2, 0) is 17.8 Å². The van der Waals surface area contributed by atoms with Crippen molar-refractivity contribution in [2.24, 2.45) is 0 Å². The number of aliphatic hydroxyl groups is 1. The van der Waals surface area contributed by atoms with Gasteiger partial charge in [-0.1, -0.05) is 12.1 Å². The summed E-state index contributed by atoms with van der Waals surface area (Å²) >= 11 is 0. The molecule has 3 aromatic heterocycles. The van der Waals surface area contributed by atoms with Crippen molar-refractivity contribution in [3.8, 4) is 11.3 Å². The molecule has 0 saturated carbocycles. The lowest BCUT2D eigenvalue weighted by atomic mass is 9.96. The van der Waals surface area contributed by atoms with Crippen LogP contribution in [0, 0.1) is 5.82 Å². The van der Waals surface area contributed by atoms with Crippen LogP contribution < -0.4 is 10.6 Å². The standard InChI is InChI=1S/C30H31FN6O3/c31-19-7-10-37-26(14-32-28(37)12-19)22-3-5-24(29-23(22)13-33-30(29)39)34-27-6-4-21(18-8-11-40-17-18)25(35-27)15-36-9-1-2-20(36)16-38/h3-7,10,12,14,18,20,38H,1-2,8-9,11,13,15-17H2,(H,33,39)(H,34,35)/t18-,20+/m0/s1. The van der Waals surface area contributed by atoms with Gasteiger partial charge in [0.25, 0.3) is 5.91 Å². The number of nitrogens with zero attached hydrogens (tertiary/aromatic N) is 4. The van der Waals surface area contributed by atoms with Crippen molar-refractivity contribution in [1.82, 2.24) is 24.6 Å². The fourth-order valence-corrected chi connectivity index (χ4v) is 6.35. The lowest BCUT2D eigenvalue weighted by Gasteiger charge is -2.25. The summed E-state index contributed by atoms with van der Waals surface area (Å²) in [6.07, 6.45) is 6.39. The highest BCUT2D eigenvalue weighted by Gasteiger charge is 2.29. The highest BCUT2D eigenvalue weighted by molar-refractivity contribution is 6.06. The minimum atomic E-state index is -0.346. The normalized spacial score (nSPS) is 20.8. The third kappa shape index (κ3) is 4.42. The van der Waals surface area contributed by atoms with Crippen molar-refractivity contribution >= 4 is 23.1 Å². The van der Waals surface area contributed by atoms with Gasteiger partial charge in [0, 0.05) is 49.5 Å². The summed E-state index contributed by atoms with van der Waals surface area (Å²) in [7, 11) is 0. The molecule has 9 nitrogen and oxygen atoms in total. The topological polar surface area (TPSA) is 104 Å². The molecule has 6 heterocycles. The Balaban J connectivity index is 1.24. The third-order valence-corrected chi connectivity index (χ3v) is 8.42. The van der Waals surface area contributed by atoms with Gasteiger partial charge in [-0.15, -0.1) is 0 Å². The average molecular weight is 543 g/mol. The van der Waals surface area contributed by atoms with Crippen molar-refractivity contribution in [3.63, 3.8) is 0 Å². The van der Waals surface area contributed by atoms with E-state index >= 15 is 0 Å². The summed E-state index contributed by atoms with van der Waals surface area (Å²) in [5, 5.41) is 16.2. The quantitative estimate of drug-likeness (QED) is 0.325. The predicted molar refractivity (Wildman–Crippen MR) is 148 cm³/mol. The van der Waals surface area contributed by atoms with E-state index in [9.17, 15) is 14.3 Å². The number of nitrogens with one attached hydrogen (secondary N) is 2. The van der Waals surface area contributed by atoms with Crippen molar-refractivity contribution in [3.05, 3.63) is 77.0 Å². The van der Waals surface area contributed by atoms with Crippen LogP contribution in [-0.4, -0.2) is 62.7 Å². The molecular formula is C30H31FN6O3. The van der Waals surface area contributed by atoms with Crippen LogP contribution in [0.4, 0.5) is 15.9 Å². The van der Waals surface area contributed by atoms with Crippen molar-refractivity contribution in [2.75, 3.05) is 31.7 Å². The number of imidazole rings is 1. The summed E-state index contributed by atoms with van der Waals surface area (Å²) < 4.78 is 21.2.